The van der Waals surface area contributed by atoms with Crippen molar-refractivity contribution in [3.8, 4) is 11.5 Å². The summed E-state index contributed by atoms with van der Waals surface area (Å²) in [7, 11) is 5.22. The van der Waals surface area contributed by atoms with Gasteiger partial charge in [-0.05, 0) is 49.0 Å². The third kappa shape index (κ3) is 6.43. The number of ether oxygens (including phenoxy) is 3. The molecule has 0 atom stereocenters. The van der Waals surface area contributed by atoms with Crippen LogP contribution in [0.5, 0.6) is 11.5 Å². The fourth-order valence-electron chi connectivity index (χ4n) is 4.10. The zero-order valence-corrected chi connectivity index (χ0v) is 22.0. The van der Waals surface area contributed by atoms with Crippen LogP contribution < -0.4 is 20.6 Å². The van der Waals surface area contributed by atoms with Crippen LogP contribution in [0.15, 0.2) is 64.2 Å². The maximum Gasteiger partial charge on any atom is 0.276 e. The van der Waals surface area contributed by atoms with Gasteiger partial charge in [0.2, 0.25) is 0 Å². The van der Waals surface area contributed by atoms with Crippen LogP contribution in [0.4, 0.5) is 0 Å². The average Bonchev–Trinajstić information content (AvgIpc) is 3.21. The minimum atomic E-state index is -0.240. The number of H-pyrrole nitrogens is 1. The molecule has 0 radical (unpaired) electrons. The number of fused-ring (bicyclic) bond motifs is 1. The molecule has 4 aromatic rings. The Morgan fingerprint density at radius 3 is 2.51 bits per heavy atom. The van der Waals surface area contributed by atoms with Gasteiger partial charge in [-0.1, -0.05) is 23.7 Å². The fraction of sp³-hybridized carbons (Fsp3) is 0.333. The minimum absolute atomic E-state index is 0.0268. The predicted octanol–water partition coefficient (Wildman–Crippen LogP) is 3.36. The number of likely N-dealkylation sites (N-methyl/N-ethyl adjacent to an activating group) is 1. The van der Waals surface area contributed by atoms with Crippen molar-refractivity contribution in [2.45, 2.75) is 19.7 Å². The van der Waals surface area contributed by atoms with E-state index in [1.54, 1.807) is 43.1 Å². The molecule has 0 aliphatic carbocycles. The number of halogens is 1. The van der Waals surface area contributed by atoms with Crippen LogP contribution in [0.1, 0.15) is 11.3 Å². The fourth-order valence-corrected chi connectivity index (χ4v) is 4.23. The van der Waals surface area contributed by atoms with Crippen molar-refractivity contribution in [3.05, 3.63) is 91.6 Å². The van der Waals surface area contributed by atoms with E-state index in [9.17, 15) is 9.59 Å². The molecule has 0 saturated heterocycles. The van der Waals surface area contributed by atoms with Crippen molar-refractivity contribution in [3.63, 3.8) is 0 Å². The Kier molecular flexibility index (Phi) is 8.70. The van der Waals surface area contributed by atoms with E-state index in [0.29, 0.717) is 52.8 Å². The van der Waals surface area contributed by atoms with Crippen molar-refractivity contribution in [1.29, 1.82) is 0 Å². The van der Waals surface area contributed by atoms with Gasteiger partial charge >= 0.3 is 0 Å². The van der Waals surface area contributed by atoms with Crippen LogP contribution in [-0.2, 0) is 24.4 Å². The van der Waals surface area contributed by atoms with E-state index in [0.717, 1.165) is 12.1 Å². The molecule has 0 aliphatic rings. The molecule has 2 aromatic carbocycles. The third-order valence-corrected chi connectivity index (χ3v) is 6.43. The molecule has 2 aromatic heterocycles. The maximum atomic E-state index is 13.5. The molecule has 0 unspecified atom stereocenters. The lowest BCUT2D eigenvalue weighted by Gasteiger charge is -2.15. The van der Waals surface area contributed by atoms with Gasteiger partial charge in [0.15, 0.2) is 0 Å². The Bertz CT molecular complexity index is 1460. The van der Waals surface area contributed by atoms with Gasteiger partial charge in [0.05, 0.1) is 43.4 Å². The highest BCUT2D eigenvalue weighted by molar-refractivity contribution is 6.30. The summed E-state index contributed by atoms with van der Waals surface area (Å²) < 4.78 is 19.6. The number of aromatic nitrogens is 3. The highest BCUT2D eigenvalue weighted by Gasteiger charge is 2.18. The van der Waals surface area contributed by atoms with Crippen LogP contribution in [0.25, 0.3) is 10.9 Å². The maximum absolute atomic E-state index is 13.5. The van der Waals surface area contributed by atoms with E-state index in [2.05, 4.69) is 10.00 Å². The summed E-state index contributed by atoms with van der Waals surface area (Å²) >= 11 is 6.00. The molecule has 1 N–H and O–H groups in total. The van der Waals surface area contributed by atoms with E-state index in [1.807, 2.05) is 31.3 Å². The quantitative estimate of drug-likeness (QED) is 0.304. The van der Waals surface area contributed by atoms with Gasteiger partial charge in [0.1, 0.15) is 18.1 Å². The first-order valence-corrected chi connectivity index (χ1v) is 12.3. The summed E-state index contributed by atoms with van der Waals surface area (Å²) in [5.74, 6) is 1.27. The van der Waals surface area contributed by atoms with Crippen LogP contribution in [0.3, 0.4) is 0 Å². The third-order valence-electron chi connectivity index (χ3n) is 6.18. The zero-order chi connectivity index (χ0) is 26.4. The molecule has 0 aliphatic heterocycles. The molecule has 10 heteroatoms. The van der Waals surface area contributed by atoms with Gasteiger partial charge < -0.3 is 23.7 Å². The molecule has 0 saturated carbocycles. The molecule has 9 nitrogen and oxygen atoms in total. The van der Waals surface area contributed by atoms with Crippen molar-refractivity contribution < 1.29 is 14.2 Å². The van der Waals surface area contributed by atoms with Crippen LogP contribution >= 0.6 is 11.6 Å². The SMILES string of the molecule is COCCN(C)CCn1[nH]c2cc(=O)n(Cc3cccc(OC)c3)c(COc3ccc(Cl)cc3)c2c1=O. The van der Waals surface area contributed by atoms with Crippen LogP contribution in [0.2, 0.25) is 5.02 Å². The number of hydrogen-bond acceptors (Lipinski definition) is 6. The lowest BCUT2D eigenvalue weighted by Crippen LogP contribution is -2.30. The molecule has 0 amide bonds. The highest BCUT2D eigenvalue weighted by Crippen LogP contribution is 2.20. The second-order valence-electron chi connectivity index (χ2n) is 8.76. The van der Waals surface area contributed by atoms with Gasteiger partial charge in [-0.2, -0.15) is 0 Å². The minimum Gasteiger partial charge on any atom is -0.497 e. The first kappa shape index (κ1) is 26.5. The first-order valence-electron chi connectivity index (χ1n) is 11.9. The molecule has 0 fully saturated rings. The number of rotatable bonds is 12. The second-order valence-corrected chi connectivity index (χ2v) is 9.20. The lowest BCUT2D eigenvalue weighted by atomic mass is 10.1. The summed E-state index contributed by atoms with van der Waals surface area (Å²) in [6, 6.07) is 15.9. The summed E-state index contributed by atoms with van der Waals surface area (Å²) in [4.78, 5) is 28.9. The van der Waals surface area contributed by atoms with Crippen molar-refractivity contribution >= 4 is 22.5 Å². The molecule has 0 bridgehead atoms. The van der Waals surface area contributed by atoms with E-state index < -0.39 is 0 Å². The average molecular weight is 527 g/mol. The van der Waals surface area contributed by atoms with E-state index in [-0.39, 0.29) is 24.3 Å². The first-order chi connectivity index (χ1) is 17.9. The number of benzene rings is 2. The van der Waals surface area contributed by atoms with Crippen molar-refractivity contribution in [2.24, 2.45) is 0 Å². The summed E-state index contributed by atoms with van der Waals surface area (Å²) in [6.45, 7) is 2.72. The Morgan fingerprint density at radius 2 is 1.78 bits per heavy atom. The Hall–Kier alpha value is -3.53. The molecule has 37 heavy (non-hydrogen) atoms. The van der Waals surface area contributed by atoms with Crippen molar-refractivity contribution in [2.75, 3.05) is 41.0 Å². The van der Waals surface area contributed by atoms with E-state index in [1.165, 1.54) is 10.7 Å². The standard InChI is InChI=1S/C27H31ClN4O5/c1-30(13-14-35-2)11-12-32-27(34)26-23(29-32)16-25(33)31(17-19-5-4-6-22(15-19)36-3)24(26)18-37-21-9-7-20(28)8-10-21/h4-10,15-16,29H,11-14,17-18H2,1-3H3. The van der Waals surface area contributed by atoms with Gasteiger partial charge in [0.25, 0.3) is 11.1 Å². The number of hydrogen-bond donors (Lipinski definition) is 1. The molecule has 4 rings (SSSR count). The van der Waals surface area contributed by atoms with Gasteiger partial charge in [-0.15, -0.1) is 0 Å². The zero-order valence-electron chi connectivity index (χ0n) is 21.2. The topological polar surface area (TPSA) is 90.7 Å². The Balaban J connectivity index is 1.73. The highest BCUT2D eigenvalue weighted by atomic mass is 35.5. The number of aromatic amines is 1. The monoisotopic (exact) mass is 526 g/mol. The molecule has 196 valence electrons. The molecular formula is C27H31ClN4O5. The van der Waals surface area contributed by atoms with E-state index in [4.69, 9.17) is 25.8 Å². The number of pyridine rings is 1. The Labute approximate surface area is 219 Å². The predicted molar refractivity (Wildman–Crippen MR) is 144 cm³/mol. The Morgan fingerprint density at radius 1 is 1.00 bits per heavy atom. The summed E-state index contributed by atoms with van der Waals surface area (Å²) in [5.41, 5.74) is 1.39. The van der Waals surface area contributed by atoms with Gasteiger partial charge in [-0.3, -0.25) is 19.4 Å². The molecule has 0 spiro atoms. The van der Waals surface area contributed by atoms with Crippen LogP contribution in [0, 0.1) is 0 Å². The number of nitrogens with one attached hydrogen (secondary N) is 1. The summed E-state index contributed by atoms with van der Waals surface area (Å²) in [6.07, 6.45) is 0. The normalized spacial score (nSPS) is 11.4. The lowest BCUT2D eigenvalue weighted by molar-refractivity contribution is 0.158. The van der Waals surface area contributed by atoms with E-state index >= 15 is 0 Å². The van der Waals surface area contributed by atoms with Gasteiger partial charge in [-0.25, -0.2) is 0 Å². The smallest absolute Gasteiger partial charge is 0.276 e. The number of nitrogens with zero attached hydrogens (tertiary/aromatic N) is 3. The summed E-state index contributed by atoms with van der Waals surface area (Å²) in [5, 5.41) is 4.13. The second kappa shape index (κ2) is 12.1. The molecular weight excluding hydrogens is 496 g/mol. The van der Waals surface area contributed by atoms with Crippen LogP contribution in [-0.4, -0.2) is 60.2 Å². The largest absolute Gasteiger partial charge is 0.497 e. The van der Waals surface area contributed by atoms with Crippen molar-refractivity contribution in [1.82, 2.24) is 19.2 Å². The molecule has 2 heterocycles. The number of methoxy groups -OCH3 is 2. The van der Waals surface area contributed by atoms with Gasteiger partial charge in [0, 0.05) is 31.3 Å².